The SMILES string of the molecule is O=C(Nc1ccc(OC(F)(F)F)cc1)c1cncs1. The van der Waals surface area contributed by atoms with Crippen molar-refractivity contribution in [3.05, 3.63) is 40.8 Å². The molecule has 2 rings (SSSR count). The van der Waals surface area contributed by atoms with Crippen LogP contribution in [0, 0.1) is 0 Å². The van der Waals surface area contributed by atoms with Crippen molar-refractivity contribution in [1.82, 2.24) is 4.98 Å². The molecule has 0 atom stereocenters. The lowest BCUT2D eigenvalue weighted by molar-refractivity contribution is -0.274. The van der Waals surface area contributed by atoms with Gasteiger partial charge >= 0.3 is 6.36 Å². The maximum absolute atomic E-state index is 11.9. The molecule has 1 amide bonds. The summed E-state index contributed by atoms with van der Waals surface area (Å²) in [6.45, 7) is 0. The molecule has 0 radical (unpaired) electrons. The minimum atomic E-state index is -4.73. The number of halogens is 3. The van der Waals surface area contributed by atoms with Gasteiger partial charge in [0.05, 0.1) is 11.7 Å². The molecule has 1 N–H and O–H groups in total. The quantitative estimate of drug-likeness (QED) is 0.942. The predicted octanol–water partition coefficient (Wildman–Crippen LogP) is 3.29. The number of rotatable bonds is 3. The summed E-state index contributed by atoms with van der Waals surface area (Å²) in [6.07, 6.45) is -3.32. The Kier molecular flexibility index (Phi) is 3.70. The molecule has 0 spiro atoms. The first-order valence-corrected chi connectivity index (χ1v) is 5.88. The lowest BCUT2D eigenvalue weighted by Gasteiger charge is -2.09. The second-order valence-corrected chi connectivity index (χ2v) is 4.28. The number of anilines is 1. The summed E-state index contributed by atoms with van der Waals surface area (Å²) >= 11 is 1.16. The number of hydrogen-bond donors (Lipinski definition) is 1. The first-order chi connectivity index (χ1) is 8.94. The molecule has 0 aliphatic rings. The molecule has 0 fully saturated rings. The summed E-state index contributed by atoms with van der Waals surface area (Å²) in [5.74, 6) is -0.713. The number of thiazole rings is 1. The fourth-order valence-corrected chi connectivity index (χ4v) is 1.78. The third-order valence-corrected chi connectivity index (χ3v) is 2.77. The topological polar surface area (TPSA) is 51.2 Å². The number of nitrogens with one attached hydrogen (secondary N) is 1. The van der Waals surface area contributed by atoms with Gasteiger partial charge in [-0.15, -0.1) is 24.5 Å². The van der Waals surface area contributed by atoms with Crippen molar-refractivity contribution >= 4 is 22.9 Å². The van der Waals surface area contributed by atoms with E-state index >= 15 is 0 Å². The lowest BCUT2D eigenvalue weighted by atomic mass is 10.3. The number of alkyl halides is 3. The summed E-state index contributed by atoms with van der Waals surface area (Å²) in [5, 5.41) is 2.53. The van der Waals surface area contributed by atoms with Crippen molar-refractivity contribution in [1.29, 1.82) is 0 Å². The molecule has 0 saturated heterocycles. The van der Waals surface area contributed by atoms with Crippen LogP contribution in [-0.4, -0.2) is 17.3 Å². The van der Waals surface area contributed by atoms with Crippen LogP contribution in [0.1, 0.15) is 9.67 Å². The monoisotopic (exact) mass is 288 g/mol. The summed E-state index contributed by atoms with van der Waals surface area (Å²) in [4.78, 5) is 15.8. The second-order valence-electron chi connectivity index (χ2n) is 3.39. The molecule has 0 saturated carbocycles. The average molecular weight is 288 g/mol. The van der Waals surface area contributed by atoms with E-state index in [-0.39, 0.29) is 11.7 Å². The van der Waals surface area contributed by atoms with Crippen molar-refractivity contribution in [2.45, 2.75) is 6.36 Å². The Morgan fingerprint density at radius 3 is 2.47 bits per heavy atom. The van der Waals surface area contributed by atoms with Crippen LogP contribution in [0.2, 0.25) is 0 Å². The van der Waals surface area contributed by atoms with Crippen molar-refractivity contribution in [3.63, 3.8) is 0 Å². The number of benzene rings is 1. The van der Waals surface area contributed by atoms with Gasteiger partial charge in [0.2, 0.25) is 0 Å². The van der Waals surface area contributed by atoms with Gasteiger partial charge in [0.1, 0.15) is 10.6 Å². The van der Waals surface area contributed by atoms with Crippen LogP contribution < -0.4 is 10.1 Å². The van der Waals surface area contributed by atoms with E-state index < -0.39 is 6.36 Å². The standard InChI is InChI=1S/C11H7F3N2O2S/c12-11(13,14)18-8-3-1-7(2-4-8)16-10(17)9-5-15-6-19-9/h1-6H,(H,16,17). The summed E-state index contributed by atoms with van der Waals surface area (Å²) < 4.78 is 39.5. The molecule has 0 bridgehead atoms. The van der Waals surface area contributed by atoms with Gasteiger partial charge in [-0.3, -0.25) is 9.78 Å². The third kappa shape index (κ3) is 3.95. The molecule has 0 unspecified atom stereocenters. The minimum absolute atomic E-state index is 0.344. The molecule has 0 aliphatic heterocycles. The smallest absolute Gasteiger partial charge is 0.406 e. The van der Waals surface area contributed by atoms with E-state index in [1.165, 1.54) is 23.8 Å². The van der Waals surface area contributed by atoms with Crippen LogP contribution in [0.3, 0.4) is 0 Å². The highest BCUT2D eigenvalue weighted by Gasteiger charge is 2.30. The van der Waals surface area contributed by atoms with Gasteiger partial charge in [-0.25, -0.2) is 0 Å². The van der Waals surface area contributed by atoms with E-state index in [0.29, 0.717) is 10.6 Å². The fourth-order valence-electron chi connectivity index (χ4n) is 1.26. The maximum atomic E-state index is 11.9. The van der Waals surface area contributed by atoms with Crippen molar-refractivity contribution < 1.29 is 22.7 Å². The minimum Gasteiger partial charge on any atom is -0.406 e. The summed E-state index contributed by atoms with van der Waals surface area (Å²) in [6, 6.07) is 4.88. The number of carbonyl (C=O) groups is 1. The number of amides is 1. The van der Waals surface area contributed by atoms with E-state index in [9.17, 15) is 18.0 Å². The van der Waals surface area contributed by atoms with E-state index in [1.54, 1.807) is 0 Å². The molecule has 100 valence electrons. The first kappa shape index (κ1) is 13.3. The number of hydrogen-bond acceptors (Lipinski definition) is 4. The van der Waals surface area contributed by atoms with Crippen LogP contribution >= 0.6 is 11.3 Å². The summed E-state index contributed by atoms with van der Waals surface area (Å²) in [5.41, 5.74) is 1.88. The van der Waals surface area contributed by atoms with Crippen molar-refractivity contribution in [3.8, 4) is 5.75 Å². The van der Waals surface area contributed by atoms with Crippen LogP contribution in [0.5, 0.6) is 5.75 Å². The van der Waals surface area contributed by atoms with Gasteiger partial charge in [-0.1, -0.05) is 0 Å². The van der Waals surface area contributed by atoms with Crippen molar-refractivity contribution in [2.75, 3.05) is 5.32 Å². The second kappa shape index (κ2) is 5.27. The van der Waals surface area contributed by atoms with Crippen LogP contribution in [0.4, 0.5) is 18.9 Å². The van der Waals surface area contributed by atoms with E-state index in [2.05, 4.69) is 15.0 Å². The molecule has 1 aromatic heterocycles. The van der Waals surface area contributed by atoms with Gasteiger partial charge in [-0.2, -0.15) is 0 Å². The molecule has 19 heavy (non-hydrogen) atoms. The molecule has 1 heterocycles. The van der Waals surface area contributed by atoms with Gasteiger partial charge in [-0.05, 0) is 24.3 Å². The normalized spacial score (nSPS) is 11.1. The molecule has 8 heteroatoms. The largest absolute Gasteiger partial charge is 0.573 e. The Morgan fingerprint density at radius 1 is 1.26 bits per heavy atom. The Bertz CT molecular complexity index is 552. The Balaban J connectivity index is 2.01. The average Bonchev–Trinajstić information content (AvgIpc) is 2.83. The Morgan fingerprint density at radius 2 is 1.95 bits per heavy atom. The van der Waals surface area contributed by atoms with Gasteiger partial charge in [0.25, 0.3) is 5.91 Å². The van der Waals surface area contributed by atoms with E-state index in [4.69, 9.17) is 0 Å². The lowest BCUT2D eigenvalue weighted by Crippen LogP contribution is -2.17. The molecule has 0 aliphatic carbocycles. The van der Waals surface area contributed by atoms with E-state index in [0.717, 1.165) is 23.5 Å². The van der Waals surface area contributed by atoms with Crippen LogP contribution in [0.25, 0.3) is 0 Å². The fraction of sp³-hybridized carbons (Fsp3) is 0.0909. The predicted molar refractivity (Wildman–Crippen MR) is 63.2 cm³/mol. The third-order valence-electron chi connectivity index (χ3n) is 2.00. The molecule has 1 aromatic carbocycles. The summed E-state index contributed by atoms with van der Waals surface area (Å²) in [7, 11) is 0. The van der Waals surface area contributed by atoms with E-state index in [1.807, 2.05) is 0 Å². The zero-order valence-corrected chi connectivity index (χ0v) is 10.1. The van der Waals surface area contributed by atoms with Gasteiger partial charge < -0.3 is 10.1 Å². The van der Waals surface area contributed by atoms with Crippen LogP contribution in [0.15, 0.2) is 36.0 Å². The molecular weight excluding hydrogens is 281 g/mol. The zero-order valence-electron chi connectivity index (χ0n) is 9.27. The number of carbonyl (C=O) groups excluding carboxylic acids is 1. The Labute approximate surface area is 109 Å². The Hall–Kier alpha value is -2.09. The van der Waals surface area contributed by atoms with Crippen LogP contribution in [-0.2, 0) is 0 Å². The molecule has 2 aromatic rings. The maximum Gasteiger partial charge on any atom is 0.573 e. The molecule has 4 nitrogen and oxygen atoms in total. The first-order valence-electron chi connectivity index (χ1n) is 5.00. The number of nitrogens with zero attached hydrogens (tertiary/aromatic N) is 1. The highest BCUT2D eigenvalue weighted by Crippen LogP contribution is 2.24. The van der Waals surface area contributed by atoms with Gasteiger partial charge in [0.15, 0.2) is 0 Å². The highest BCUT2D eigenvalue weighted by molar-refractivity contribution is 7.11. The number of aromatic nitrogens is 1. The van der Waals surface area contributed by atoms with Gasteiger partial charge in [0, 0.05) is 5.69 Å². The zero-order chi connectivity index (χ0) is 13.9. The highest BCUT2D eigenvalue weighted by atomic mass is 32.1. The van der Waals surface area contributed by atoms with Crippen molar-refractivity contribution in [2.24, 2.45) is 0 Å². The molecular formula is C11H7F3N2O2S. The number of ether oxygens (including phenoxy) is 1.